The van der Waals surface area contributed by atoms with Crippen molar-refractivity contribution < 1.29 is 28.6 Å². The van der Waals surface area contributed by atoms with Gasteiger partial charge in [-0.3, -0.25) is 0 Å². The molecule has 3 aromatic carbocycles. The first-order valence-corrected chi connectivity index (χ1v) is 18.0. The van der Waals surface area contributed by atoms with Crippen LogP contribution in [0.15, 0.2) is 109 Å². The molecule has 0 amide bonds. The number of hydrogen-bond donors (Lipinski definition) is 0. The van der Waals surface area contributed by atoms with E-state index < -0.39 is 17.9 Å². The second-order valence-electron chi connectivity index (χ2n) is 12.6. The Hall–Kier alpha value is -9.12. The van der Waals surface area contributed by atoms with E-state index in [9.17, 15) is 14.4 Å². The second kappa shape index (κ2) is 18.2. The quantitative estimate of drug-likeness (QED) is 0.128. The smallest absolute Gasteiger partial charge is 0.337 e. The van der Waals surface area contributed by atoms with Crippen LogP contribution in [0.25, 0.3) is 65.4 Å². The number of fused-ring (bicyclic) bond motifs is 12. The third kappa shape index (κ3) is 10.2. The van der Waals surface area contributed by atoms with Crippen LogP contribution >= 0.6 is 0 Å². The van der Waals surface area contributed by atoms with Gasteiger partial charge in [-0.05, 0) is 127 Å². The first-order chi connectivity index (χ1) is 29.2. The predicted octanol–water partition coefficient (Wildman–Crippen LogP) is 8.81. The first-order valence-electron chi connectivity index (χ1n) is 18.0. The summed E-state index contributed by atoms with van der Waals surface area (Å²) in [4.78, 5) is 51.6. The third-order valence-corrected chi connectivity index (χ3v) is 8.32. The van der Waals surface area contributed by atoms with Gasteiger partial charge in [0.1, 0.15) is 33.1 Å². The molecule has 12 bridgehead atoms. The fraction of sp³-hybridized carbons (Fsp3) is 0.0588. The van der Waals surface area contributed by atoms with Crippen LogP contribution in [0.1, 0.15) is 31.1 Å². The molecule has 0 aliphatic carbocycles. The number of esters is 3. The van der Waals surface area contributed by atoms with E-state index in [0.717, 1.165) is 0 Å². The van der Waals surface area contributed by atoms with Crippen molar-refractivity contribution in [2.75, 3.05) is 21.3 Å². The molecule has 0 saturated heterocycles. The summed E-state index contributed by atoms with van der Waals surface area (Å²) < 4.78 is 15.0. The van der Waals surface area contributed by atoms with E-state index in [1.807, 2.05) is 0 Å². The van der Waals surface area contributed by atoms with Crippen LogP contribution in [0.5, 0.6) is 0 Å². The zero-order valence-electron chi connectivity index (χ0n) is 32.2. The maximum atomic E-state index is 12.6. The Labute approximate surface area is 345 Å². The number of ether oxygens (including phenoxy) is 3. The van der Waals surface area contributed by atoms with E-state index in [1.54, 1.807) is 109 Å². The van der Waals surface area contributed by atoms with Crippen molar-refractivity contribution in [3.63, 3.8) is 0 Å². The summed E-state index contributed by atoms with van der Waals surface area (Å²) in [5, 5.41) is 3.01. The molecule has 7 rings (SSSR count). The number of nitrogens with zero attached hydrogens (tertiary/aromatic N) is 3. The Morgan fingerprint density at radius 2 is 0.533 bits per heavy atom. The van der Waals surface area contributed by atoms with E-state index in [0.29, 0.717) is 65.4 Å². The number of hydrogen-bond acceptors (Lipinski definition) is 9. The fourth-order valence-electron chi connectivity index (χ4n) is 5.56. The molecule has 0 N–H and O–H groups in total. The lowest BCUT2D eigenvalue weighted by Gasteiger charge is -1.98. The van der Waals surface area contributed by atoms with Crippen molar-refractivity contribution >= 4 is 83.3 Å². The zero-order chi connectivity index (χ0) is 41.8. The van der Waals surface area contributed by atoms with Crippen LogP contribution < -0.4 is 0 Å². The highest BCUT2D eigenvalue weighted by Crippen LogP contribution is 2.14. The summed E-state index contributed by atoms with van der Waals surface area (Å²) in [6, 6.07) is 67.3. The number of carbonyl (C=O) groups excluding carboxylic acids is 3. The van der Waals surface area contributed by atoms with E-state index in [-0.39, 0.29) is 16.7 Å². The minimum absolute atomic E-state index is 0.264. The number of benzene rings is 3. The highest BCUT2D eigenvalue weighted by atomic mass is 16.5. The molecule has 0 atom stereocenters. The van der Waals surface area contributed by atoms with Crippen molar-refractivity contribution in [1.82, 2.24) is 15.0 Å². The molecule has 0 spiro atoms. The molecule has 282 valence electrons. The third-order valence-electron chi connectivity index (χ3n) is 8.32. The van der Waals surface area contributed by atoms with Gasteiger partial charge in [0.25, 0.3) is 0 Å². The van der Waals surface area contributed by atoms with Gasteiger partial charge in [0.15, 0.2) is 0 Å². The largest absolute Gasteiger partial charge is 0.465 e. The van der Waals surface area contributed by atoms with E-state index in [4.69, 9.17) is 14.2 Å². The Kier molecular flexibility index (Phi) is 11.9. The minimum atomic E-state index is -0.550. The standard InChI is InChI=1S/C51H27N3O6/c1-58-49(55)40-28-34-13-19-43-7-4-9-45(52-43)21-15-36-26-38(32-41(30-36)50(56)59-2)17-23-47-11-6-12-48(54-47)24-18-39-27-37(31-42(33-39)51(57)60-3)16-22-46-10-5-8-44(53-46)20-14-35(25-34)29-40/h4-12,25-33H,1-3H3. The van der Waals surface area contributed by atoms with Crippen molar-refractivity contribution in [3.8, 4) is 0 Å². The number of carbonyl (C=O) groups is 3. The monoisotopic (exact) mass is 777 g/mol. The Morgan fingerprint density at radius 3 is 0.717 bits per heavy atom. The zero-order valence-corrected chi connectivity index (χ0v) is 32.2. The number of methoxy groups -OCH3 is 3. The van der Waals surface area contributed by atoms with Crippen molar-refractivity contribution in [2.24, 2.45) is 0 Å². The van der Waals surface area contributed by atoms with E-state index in [2.05, 4.69) is 87.7 Å². The SMILES string of the molecule is COC(=O)c1cc2c#cc3cccc(c#cc4cc(C(=O)OC)cc(c#cc5cccc(c#cc6cc(C(=O)OC)cc(c#cc7cccc(c#cc(c1)c2)n7)c6)n5)c4)n3. The normalized spacial score (nSPS) is 9.65. The maximum Gasteiger partial charge on any atom is 0.337 e. The molecule has 60 heavy (non-hydrogen) atoms. The first kappa shape index (κ1) is 39.1. The lowest BCUT2D eigenvalue weighted by atomic mass is 10.1. The molecule has 0 aliphatic heterocycles. The average Bonchev–Trinajstić information content (AvgIpc) is 3.29. The van der Waals surface area contributed by atoms with Crippen molar-refractivity contribution in [1.29, 1.82) is 0 Å². The molecule has 4 heterocycles. The van der Waals surface area contributed by atoms with Crippen molar-refractivity contribution in [2.45, 2.75) is 0 Å². The molecule has 7 aromatic rings. The van der Waals surface area contributed by atoms with Crippen LogP contribution in [0, 0.1) is 72.8 Å². The Bertz CT molecular complexity index is 2650. The van der Waals surface area contributed by atoms with Gasteiger partial charge in [0.2, 0.25) is 0 Å². The molecule has 4 aromatic heterocycles. The topological polar surface area (TPSA) is 118 Å². The van der Waals surface area contributed by atoms with Gasteiger partial charge in [0, 0.05) is 32.3 Å². The molecule has 0 fully saturated rings. The Morgan fingerprint density at radius 1 is 0.333 bits per heavy atom. The number of aromatic nitrogens is 3. The summed E-state index contributed by atoms with van der Waals surface area (Å²) in [6.45, 7) is 0. The van der Waals surface area contributed by atoms with Crippen LogP contribution in [0.4, 0.5) is 0 Å². The Balaban J connectivity index is 1.48. The molecule has 0 saturated carbocycles. The highest BCUT2D eigenvalue weighted by Gasteiger charge is 2.07. The summed E-state index contributed by atoms with van der Waals surface area (Å²) in [5.74, 6) is -1.65. The van der Waals surface area contributed by atoms with E-state index in [1.165, 1.54) is 21.3 Å². The van der Waals surface area contributed by atoms with Gasteiger partial charge < -0.3 is 14.2 Å². The van der Waals surface area contributed by atoms with Gasteiger partial charge in [-0.2, -0.15) is 0 Å². The molecule has 0 aliphatic rings. The number of pyridine rings is 3. The molecular formula is C51H27N3O6. The van der Waals surface area contributed by atoms with Gasteiger partial charge in [-0.1, -0.05) is 54.6 Å². The summed E-state index contributed by atoms with van der Waals surface area (Å²) >= 11 is 0. The fourth-order valence-corrected chi connectivity index (χ4v) is 5.56. The van der Waals surface area contributed by atoms with Crippen LogP contribution in [0.2, 0.25) is 0 Å². The molecule has 9 nitrogen and oxygen atoms in total. The molecular weight excluding hydrogens is 751 g/mol. The lowest BCUT2D eigenvalue weighted by molar-refractivity contribution is 0.0592. The molecule has 0 unspecified atom stereocenters. The van der Waals surface area contributed by atoms with Gasteiger partial charge in [0.05, 0.1) is 38.0 Å². The number of rotatable bonds is 3. The second-order valence-corrected chi connectivity index (χ2v) is 12.6. The van der Waals surface area contributed by atoms with Gasteiger partial charge >= 0.3 is 17.9 Å². The van der Waals surface area contributed by atoms with Gasteiger partial charge in [-0.15, -0.1) is 0 Å². The van der Waals surface area contributed by atoms with Crippen LogP contribution in [0.3, 0.4) is 0 Å². The summed E-state index contributed by atoms with van der Waals surface area (Å²) in [7, 11) is 3.89. The van der Waals surface area contributed by atoms with Crippen LogP contribution in [-0.2, 0) is 14.2 Å². The minimum Gasteiger partial charge on any atom is -0.465 e. The average molecular weight is 778 g/mol. The lowest BCUT2D eigenvalue weighted by Crippen LogP contribution is -2.00. The summed E-state index contributed by atoms with van der Waals surface area (Å²) in [6.07, 6.45) is 0. The highest BCUT2D eigenvalue weighted by molar-refractivity contribution is 5.94. The predicted molar refractivity (Wildman–Crippen MR) is 224 cm³/mol. The molecule has 0 radical (unpaired) electrons. The van der Waals surface area contributed by atoms with Crippen molar-refractivity contribution in [3.05, 3.63) is 199 Å². The summed E-state index contributed by atoms with van der Waals surface area (Å²) in [5.41, 5.74) is 3.39. The van der Waals surface area contributed by atoms with Crippen LogP contribution in [-0.4, -0.2) is 54.2 Å². The van der Waals surface area contributed by atoms with E-state index >= 15 is 0 Å². The maximum absolute atomic E-state index is 12.6. The van der Waals surface area contributed by atoms with Gasteiger partial charge in [-0.25, -0.2) is 29.3 Å². The molecule has 9 heteroatoms.